The maximum Gasteiger partial charge on any atom is 0.238 e. The predicted molar refractivity (Wildman–Crippen MR) is 69.1 cm³/mol. The van der Waals surface area contributed by atoms with Crippen LogP contribution in [0.25, 0.3) is 0 Å². The van der Waals surface area contributed by atoms with Gasteiger partial charge in [0.2, 0.25) is 5.91 Å². The Hall–Kier alpha value is -1.17. The zero-order chi connectivity index (χ0) is 13.1. The molecule has 1 aliphatic rings. The number of likely N-dealkylation sites (tertiary alicyclic amines) is 1. The van der Waals surface area contributed by atoms with E-state index in [4.69, 9.17) is 17.3 Å². The van der Waals surface area contributed by atoms with E-state index >= 15 is 0 Å². The van der Waals surface area contributed by atoms with E-state index in [-0.39, 0.29) is 17.0 Å². The van der Waals surface area contributed by atoms with Crippen molar-refractivity contribution in [3.8, 4) is 0 Å². The number of carbonyl (C=O) groups is 1. The second kappa shape index (κ2) is 5.65. The van der Waals surface area contributed by atoms with E-state index in [1.54, 1.807) is 0 Å². The number of hydrogen-bond acceptors (Lipinski definition) is 3. The molecule has 1 aliphatic heterocycles. The number of carbonyl (C=O) groups excluding carboxylic acids is 1. The molecule has 2 rings (SSSR count). The number of nitrogens with two attached hydrogens (primary N) is 1. The Morgan fingerprint density at radius 1 is 1.61 bits per heavy atom. The van der Waals surface area contributed by atoms with Crippen LogP contribution < -0.4 is 11.1 Å². The molecule has 0 spiro atoms. The zero-order valence-corrected chi connectivity index (χ0v) is 10.6. The summed E-state index contributed by atoms with van der Waals surface area (Å²) in [5.41, 5.74) is 6.25. The summed E-state index contributed by atoms with van der Waals surface area (Å²) in [6.45, 7) is 1.86. The molecule has 1 amide bonds. The molecule has 0 aliphatic carbocycles. The van der Waals surface area contributed by atoms with Crippen molar-refractivity contribution >= 4 is 23.2 Å². The Kier molecular flexibility index (Phi) is 4.16. The normalized spacial score (nSPS) is 20.1. The first-order valence-corrected chi connectivity index (χ1v) is 6.15. The van der Waals surface area contributed by atoms with Gasteiger partial charge >= 0.3 is 0 Å². The van der Waals surface area contributed by atoms with E-state index in [2.05, 4.69) is 5.32 Å². The molecule has 4 nitrogen and oxygen atoms in total. The van der Waals surface area contributed by atoms with E-state index in [0.717, 1.165) is 19.5 Å². The van der Waals surface area contributed by atoms with Crippen LogP contribution in [0.15, 0.2) is 18.2 Å². The van der Waals surface area contributed by atoms with Gasteiger partial charge in [-0.1, -0.05) is 11.6 Å². The van der Waals surface area contributed by atoms with Crippen molar-refractivity contribution in [3.05, 3.63) is 29.0 Å². The molecule has 98 valence electrons. The van der Waals surface area contributed by atoms with E-state index in [0.29, 0.717) is 12.2 Å². The van der Waals surface area contributed by atoms with Crippen LogP contribution in [-0.2, 0) is 4.79 Å². The summed E-state index contributed by atoms with van der Waals surface area (Å²) in [6, 6.07) is 4.25. The second-order valence-electron chi connectivity index (χ2n) is 4.46. The fourth-order valence-electron chi connectivity index (χ4n) is 1.98. The quantitative estimate of drug-likeness (QED) is 0.875. The lowest BCUT2D eigenvalue weighted by atomic mass is 10.3. The van der Waals surface area contributed by atoms with Gasteiger partial charge < -0.3 is 11.1 Å². The molecule has 1 saturated heterocycles. The standard InChI is InChI=1S/C12H15ClFN3O/c13-10-5-9(1-2-11(10)14)16-12(18)7-17-4-3-8(15)6-17/h1-2,5,8H,3-4,6-7,15H2,(H,16,18)/t8-/m0/s1. The number of rotatable bonds is 3. The molecule has 0 saturated carbocycles. The van der Waals surface area contributed by atoms with Crippen LogP contribution in [0.3, 0.4) is 0 Å². The smallest absolute Gasteiger partial charge is 0.238 e. The van der Waals surface area contributed by atoms with Gasteiger partial charge in [-0.15, -0.1) is 0 Å². The third-order valence-electron chi connectivity index (χ3n) is 2.88. The largest absolute Gasteiger partial charge is 0.326 e. The number of anilines is 1. The summed E-state index contributed by atoms with van der Waals surface area (Å²) >= 11 is 5.63. The van der Waals surface area contributed by atoms with Crippen LogP contribution in [0.4, 0.5) is 10.1 Å². The zero-order valence-electron chi connectivity index (χ0n) is 9.83. The lowest BCUT2D eigenvalue weighted by Crippen LogP contribution is -2.33. The molecule has 1 aromatic carbocycles. The average Bonchev–Trinajstić information content (AvgIpc) is 2.69. The van der Waals surface area contributed by atoms with Crippen LogP contribution in [0.2, 0.25) is 5.02 Å². The highest BCUT2D eigenvalue weighted by Crippen LogP contribution is 2.19. The minimum Gasteiger partial charge on any atom is -0.326 e. The van der Waals surface area contributed by atoms with Crippen LogP contribution in [0.5, 0.6) is 0 Å². The van der Waals surface area contributed by atoms with Gasteiger partial charge in [0, 0.05) is 24.8 Å². The van der Waals surface area contributed by atoms with Crippen LogP contribution in [-0.4, -0.2) is 36.5 Å². The van der Waals surface area contributed by atoms with Crippen molar-refractivity contribution < 1.29 is 9.18 Å². The van der Waals surface area contributed by atoms with Crippen molar-refractivity contribution in [3.63, 3.8) is 0 Å². The maximum atomic E-state index is 12.9. The van der Waals surface area contributed by atoms with Gasteiger partial charge in [-0.25, -0.2) is 4.39 Å². The molecule has 1 heterocycles. The first-order valence-electron chi connectivity index (χ1n) is 5.77. The Balaban J connectivity index is 1.89. The average molecular weight is 272 g/mol. The summed E-state index contributed by atoms with van der Waals surface area (Å²) in [6.07, 6.45) is 0.912. The van der Waals surface area contributed by atoms with Crippen molar-refractivity contribution in [1.82, 2.24) is 4.90 Å². The van der Waals surface area contributed by atoms with E-state index in [9.17, 15) is 9.18 Å². The van der Waals surface area contributed by atoms with Gasteiger partial charge in [-0.3, -0.25) is 9.69 Å². The van der Waals surface area contributed by atoms with E-state index < -0.39 is 5.82 Å². The van der Waals surface area contributed by atoms with Crippen LogP contribution in [0, 0.1) is 5.82 Å². The SMILES string of the molecule is N[C@H]1CCN(CC(=O)Nc2ccc(F)c(Cl)c2)C1. The fourth-order valence-corrected chi connectivity index (χ4v) is 2.16. The number of hydrogen-bond donors (Lipinski definition) is 2. The third-order valence-corrected chi connectivity index (χ3v) is 3.17. The lowest BCUT2D eigenvalue weighted by molar-refractivity contribution is -0.117. The highest BCUT2D eigenvalue weighted by Gasteiger charge is 2.20. The monoisotopic (exact) mass is 271 g/mol. The van der Waals surface area contributed by atoms with Gasteiger partial charge in [-0.05, 0) is 24.6 Å². The number of amides is 1. The van der Waals surface area contributed by atoms with Crippen LogP contribution in [0.1, 0.15) is 6.42 Å². The van der Waals surface area contributed by atoms with Crippen molar-refractivity contribution in [1.29, 1.82) is 0 Å². The van der Waals surface area contributed by atoms with Crippen molar-refractivity contribution in [2.24, 2.45) is 5.73 Å². The fraction of sp³-hybridized carbons (Fsp3) is 0.417. The molecule has 1 atom stereocenters. The molecule has 0 unspecified atom stereocenters. The summed E-state index contributed by atoms with van der Waals surface area (Å²) in [7, 11) is 0. The topological polar surface area (TPSA) is 58.4 Å². The predicted octanol–water partition coefficient (Wildman–Crippen LogP) is 1.45. The molecule has 0 bridgehead atoms. The van der Waals surface area contributed by atoms with Gasteiger partial charge in [0.1, 0.15) is 5.82 Å². The minimum absolute atomic E-state index is 0.00371. The maximum absolute atomic E-state index is 12.9. The second-order valence-corrected chi connectivity index (χ2v) is 4.87. The molecule has 3 N–H and O–H groups in total. The number of nitrogens with zero attached hydrogens (tertiary/aromatic N) is 1. The molecule has 0 radical (unpaired) electrons. The Morgan fingerprint density at radius 2 is 2.39 bits per heavy atom. The molecule has 18 heavy (non-hydrogen) atoms. The first kappa shape index (κ1) is 13.3. The summed E-state index contributed by atoms with van der Waals surface area (Å²) < 4.78 is 12.9. The van der Waals surface area contributed by atoms with Crippen LogP contribution >= 0.6 is 11.6 Å². The summed E-state index contributed by atoms with van der Waals surface area (Å²) in [4.78, 5) is 13.7. The van der Waals surface area contributed by atoms with Gasteiger partial charge in [0.15, 0.2) is 0 Å². The Labute approximate surface area is 110 Å². The van der Waals surface area contributed by atoms with Crippen molar-refractivity contribution in [2.45, 2.75) is 12.5 Å². The molecule has 1 fully saturated rings. The number of nitrogens with one attached hydrogen (secondary N) is 1. The molecular weight excluding hydrogens is 257 g/mol. The van der Waals surface area contributed by atoms with E-state index in [1.165, 1.54) is 18.2 Å². The Bertz CT molecular complexity index is 455. The Morgan fingerprint density at radius 3 is 3.00 bits per heavy atom. The summed E-state index contributed by atoms with van der Waals surface area (Å²) in [5.74, 6) is -0.646. The number of benzene rings is 1. The number of halogens is 2. The molecule has 1 aromatic rings. The highest BCUT2D eigenvalue weighted by atomic mass is 35.5. The van der Waals surface area contributed by atoms with Gasteiger partial charge in [0.25, 0.3) is 0 Å². The molecule has 6 heteroatoms. The first-order chi connectivity index (χ1) is 8.54. The van der Waals surface area contributed by atoms with E-state index in [1.807, 2.05) is 4.90 Å². The van der Waals surface area contributed by atoms with Gasteiger partial charge in [-0.2, -0.15) is 0 Å². The summed E-state index contributed by atoms with van der Waals surface area (Å²) in [5, 5.41) is 2.68. The molecule has 0 aromatic heterocycles. The molecular formula is C12H15ClFN3O. The van der Waals surface area contributed by atoms with Gasteiger partial charge in [0.05, 0.1) is 11.6 Å². The highest BCUT2D eigenvalue weighted by molar-refractivity contribution is 6.31. The lowest BCUT2D eigenvalue weighted by Gasteiger charge is -2.14. The minimum atomic E-state index is -0.500. The third kappa shape index (κ3) is 3.41. The van der Waals surface area contributed by atoms with Crippen molar-refractivity contribution in [2.75, 3.05) is 25.0 Å².